The summed E-state index contributed by atoms with van der Waals surface area (Å²) in [5, 5.41) is 2.76. The quantitative estimate of drug-likeness (QED) is 0.794. The second kappa shape index (κ2) is 7.01. The zero-order chi connectivity index (χ0) is 12.7. The summed E-state index contributed by atoms with van der Waals surface area (Å²) in [7, 11) is 0. The fraction of sp³-hybridized carbons (Fsp3) is 0.462. The van der Waals surface area contributed by atoms with Gasteiger partial charge in [0.15, 0.2) is 0 Å². The number of carbonyl (C=O) groups excluding carboxylic acids is 1. The number of halogens is 1. The van der Waals surface area contributed by atoms with Crippen molar-refractivity contribution in [1.82, 2.24) is 5.32 Å². The average molecular weight is 238 g/mol. The number of rotatable bonds is 6. The molecule has 0 bridgehead atoms. The Morgan fingerprint density at radius 1 is 1.53 bits per heavy atom. The van der Waals surface area contributed by atoms with E-state index in [0.717, 1.165) is 12.0 Å². The number of benzene rings is 1. The van der Waals surface area contributed by atoms with Gasteiger partial charge in [0.2, 0.25) is 5.91 Å². The van der Waals surface area contributed by atoms with Gasteiger partial charge in [0.25, 0.3) is 0 Å². The van der Waals surface area contributed by atoms with E-state index in [9.17, 15) is 9.18 Å². The van der Waals surface area contributed by atoms with Crippen molar-refractivity contribution in [1.29, 1.82) is 0 Å². The molecule has 1 atom stereocenters. The SMILES string of the molecule is CCC(CN)CC(=O)NCc1cccc(F)c1. The highest BCUT2D eigenvalue weighted by molar-refractivity contribution is 5.76. The van der Waals surface area contributed by atoms with Crippen LogP contribution in [-0.4, -0.2) is 12.5 Å². The van der Waals surface area contributed by atoms with Gasteiger partial charge < -0.3 is 11.1 Å². The van der Waals surface area contributed by atoms with Gasteiger partial charge in [-0.2, -0.15) is 0 Å². The number of hydrogen-bond donors (Lipinski definition) is 2. The van der Waals surface area contributed by atoms with Crippen LogP contribution in [0.4, 0.5) is 4.39 Å². The van der Waals surface area contributed by atoms with Crippen LogP contribution in [0, 0.1) is 11.7 Å². The second-order valence-corrected chi connectivity index (χ2v) is 4.12. The maximum absolute atomic E-state index is 12.9. The minimum atomic E-state index is -0.287. The van der Waals surface area contributed by atoms with Crippen LogP contribution in [0.15, 0.2) is 24.3 Å². The number of nitrogens with two attached hydrogens (primary N) is 1. The van der Waals surface area contributed by atoms with Crippen molar-refractivity contribution in [3.63, 3.8) is 0 Å². The van der Waals surface area contributed by atoms with Gasteiger partial charge in [0.05, 0.1) is 0 Å². The van der Waals surface area contributed by atoms with Gasteiger partial charge in [-0.1, -0.05) is 25.5 Å². The van der Waals surface area contributed by atoms with Gasteiger partial charge in [-0.25, -0.2) is 4.39 Å². The zero-order valence-corrected chi connectivity index (χ0v) is 10.1. The summed E-state index contributed by atoms with van der Waals surface area (Å²) in [6, 6.07) is 6.21. The minimum absolute atomic E-state index is 0.0356. The molecule has 0 heterocycles. The van der Waals surface area contributed by atoms with Crippen LogP contribution >= 0.6 is 0 Å². The lowest BCUT2D eigenvalue weighted by atomic mass is 10.0. The number of amides is 1. The predicted octanol–water partition coefficient (Wildman–Crippen LogP) is 1.82. The molecule has 0 radical (unpaired) electrons. The molecule has 0 fully saturated rings. The Morgan fingerprint density at radius 2 is 2.29 bits per heavy atom. The summed E-state index contributed by atoms with van der Waals surface area (Å²) in [5.41, 5.74) is 6.29. The van der Waals surface area contributed by atoms with Crippen LogP contribution < -0.4 is 11.1 Å². The van der Waals surface area contributed by atoms with E-state index >= 15 is 0 Å². The second-order valence-electron chi connectivity index (χ2n) is 4.12. The summed E-state index contributed by atoms with van der Waals surface area (Å²) < 4.78 is 12.9. The predicted molar refractivity (Wildman–Crippen MR) is 65.7 cm³/mol. The smallest absolute Gasteiger partial charge is 0.220 e. The highest BCUT2D eigenvalue weighted by Gasteiger charge is 2.09. The first-order chi connectivity index (χ1) is 8.15. The van der Waals surface area contributed by atoms with E-state index in [0.29, 0.717) is 19.5 Å². The van der Waals surface area contributed by atoms with E-state index in [1.165, 1.54) is 12.1 Å². The third kappa shape index (κ3) is 4.95. The maximum Gasteiger partial charge on any atom is 0.220 e. The van der Waals surface area contributed by atoms with Gasteiger partial charge in [-0.15, -0.1) is 0 Å². The van der Waals surface area contributed by atoms with Crippen LogP contribution in [0.1, 0.15) is 25.3 Å². The Bertz CT molecular complexity index is 364. The largest absolute Gasteiger partial charge is 0.352 e. The molecule has 3 nitrogen and oxygen atoms in total. The molecule has 3 N–H and O–H groups in total. The third-order valence-electron chi connectivity index (χ3n) is 2.76. The molecular formula is C13H19FN2O. The molecule has 0 saturated carbocycles. The molecule has 1 unspecified atom stereocenters. The van der Waals surface area contributed by atoms with Gasteiger partial charge in [0.1, 0.15) is 5.82 Å². The van der Waals surface area contributed by atoms with Crippen LogP contribution in [-0.2, 0) is 11.3 Å². The summed E-state index contributed by atoms with van der Waals surface area (Å²) in [6.45, 7) is 2.89. The first-order valence-corrected chi connectivity index (χ1v) is 5.87. The van der Waals surface area contributed by atoms with Crippen molar-refractivity contribution in [3.05, 3.63) is 35.6 Å². The Hall–Kier alpha value is -1.42. The average Bonchev–Trinajstić information content (AvgIpc) is 2.33. The van der Waals surface area contributed by atoms with Gasteiger partial charge in [-0.05, 0) is 30.2 Å². The highest BCUT2D eigenvalue weighted by Crippen LogP contribution is 2.06. The van der Waals surface area contributed by atoms with Gasteiger partial charge in [-0.3, -0.25) is 4.79 Å². The van der Waals surface area contributed by atoms with Crippen LogP contribution in [0.25, 0.3) is 0 Å². The molecule has 17 heavy (non-hydrogen) atoms. The Labute approximate surface area is 101 Å². The molecule has 94 valence electrons. The normalized spacial score (nSPS) is 12.2. The molecule has 1 aromatic carbocycles. The monoisotopic (exact) mass is 238 g/mol. The van der Waals surface area contributed by atoms with E-state index in [1.54, 1.807) is 12.1 Å². The minimum Gasteiger partial charge on any atom is -0.352 e. The topological polar surface area (TPSA) is 55.1 Å². The van der Waals surface area contributed by atoms with Crippen molar-refractivity contribution in [2.24, 2.45) is 11.7 Å². The first kappa shape index (κ1) is 13.6. The lowest BCUT2D eigenvalue weighted by Crippen LogP contribution is -2.27. The molecule has 1 rings (SSSR count). The summed E-state index contributed by atoms with van der Waals surface area (Å²) in [6.07, 6.45) is 1.33. The number of hydrogen-bond acceptors (Lipinski definition) is 2. The van der Waals surface area contributed by atoms with Gasteiger partial charge in [0, 0.05) is 13.0 Å². The zero-order valence-electron chi connectivity index (χ0n) is 10.1. The first-order valence-electron chi connectivity index (χ1n) is 5.87. The fourth-order valence-corrected chi connectivity index (χ4v) is 1.58. The van der Waals surface area contributed by atoms with Crippen molar-refractivity contribution in [3.8, 4) is 0 Å². The Kier molecular flexibility index (Phi) is 5.63. The molecule has 0 saturated heterocycles. The molecular weight excluding hydrogens is 219 g/mol. The number of carbonyl (C=O) groups is 1. The van der Waals surface area contributed by atoms with E-state index < -0.39 is 0 Å². The molecule has 4 heteroatoms. The molecule has 0 spiro atoms. The van der Waals surface area contributed by atoms with E-state index in [4.69, 9.17) is 5.73 Å². The molecule has 1 amide bonds. The molecule has 0 aliphatic rings. The summed E-state index contributed by atoms with van der Waals surface area (Å²) >= 11 is 0. The van der Waals surface area contributed by atoms with Crippen molar-refractivity contribution >= 4 is 5.91 Å². The highest BCUT2D eigenvalue weighted by atomic mass is 19.1. The Balaban J connectivity index is 2.38. The van der Waals surface area contributed by atoms with Gasteiger partial charge >= 0.3 is 0 Å². The lowest BCUT2D eigenvalue weighted by molar-refractivity contribution is -0.122. The van der Waals surface area contributed by atoms with E-state index in [-0.39, 0.29) is 17.6 Å². The standard InChI is InChI=1S/C13H19FN2O/c1-2-10(8-15)7-13(17)16-9-11-4-3-5-12(14)6-11/h3-6,10H,2,7-9,15H2,1H3,(H,16,17). The van der Waals surface area contributed by atoms with Crippen molar-refractivity contribution < 1.29 is 9.18 Å². The Morgan fingerprint density at radius 3 is 2.88 bits per heavy atom. The molecule has 0 aromatic heterocycles. The maximum atomic E-state index is 12.9. The number of nitrogens with one attached hydrogen (secondary N) is 1. The molecule has 0 aliphatic heterocycles. The fourth-order valence-electron chi connectivity index (χ4n) is 1.58. The summed E-state index contributed by atoms with van der Waals surface area (Å²) in [5.74, 6) is -0.0980. The van der Waals surface area contributed by atoms with Crippen molar-refractivity contribution in [2.45, 2.75) is 26.3 Å². The van der Waals surface area contributed by atoms with E-state index in [1.807, 2.05) is 6.92 Å². The van der Waals surface area contributed by atoms with Crippen molar-refractivity contribution in [2.75, 3.05) is 6.54 Å². The third-order valence-corrected chi connectivity index (χ3v) is 2.76. The van der Waals surface area contributed by atoms with Crippen LogP contribution in [0.5, 0.6) is 0 Å². The van der Waals surface area contributed by atoms with Crippen LogP contribution in [0.3, 0.4) is 0 Å². The molecule has 1 aromatic rings. The molecule has 0 aliphatic carbocycles. The van der Waals surface area contributed by atoms with E-state index in [2.05, 4.69) is 5.32 Å². The van der Waals surface area contributed by atoms with Crippen LogP contribution in [0.2, 0.25) is 0 Å². The lowest BCUT2D eigenvalue weighted by Gasteiger charge is -2.12. The summed E-state index contributed by atoms with van der Waals surface area (Å²) in [4.78, 5) is 11.6.